The second kappa shape index (κ2) is 22.9. The first-order valence-electron chi connectivity index (χ1n) is 14.4. The van der Waals surface area contributed by atoms with Crippen LogP contribution < -0.4 is 0 Å². The van der Waals surface area contributed by atoms with E-state index in [1.54, 1.807) is 0 Å². The zero-order valence-electron chi connectivity index (χ0n) is 22.7. The molecular weight excluding hydrogens is 415 g/mol. The SMILES string of the molecule is CCCCCCCCCCCCP(=O)(OCC(CC)CCCC)OCC(CC)CCCC. The van der Waals surface area contributed by atoms with Gasteiger partial charge in [0, 0.05) is 0 Å². The Morgan fingerprint density at radius 1 is 0.531 bits per heavy atom. The largest absolute Gasteiger partial charge is 0.330 e. The summed E-state index contributed by atoms with van der Waals surface area (Å²) < 4.78 is 25.8. The lowest BCUT2D eigenvalue weighted by Crippen LogP contribution is -2.13. The molecule has 0 aromatic heterocycles. The van der Waals surface area contributed by atoms with Gasteiger partial charge in [0.15, 0.2) is 0 Å². The van der Waals surface area contributed by atoms with Crippen molar-refractivity contribution < 1.29 is 13.6 Å². The molecule has 0 aliphatic carbocycles. The molecule has 0 aromatic carbocycles. The fourth-order valence-corrected chi connectivity index (χ4v) is 6.01. The van der Waals surface area contributed by atoms with Crippen molar-refractivity contribution in [1.29, 1.82) is 0 Å². The van der Waals surface area contributed by atoms with E-state index in [1.807, 2.05) is 0 Å². The van der Waals surface area contributed by atoms with Crippen molar-refractivity contribution >= 4 is 7.60 Å². The van der Waals surface area contributed by atoms with E-state index >= 15 is 0 Å². The van der Waals surface area contributed by atoms with Crippen molar-refractivity contribution in [3.63, 3.8) is 0 Å². The molecule has 194 valence electrons. The summed E-state index contributed by atoms with van der Waals surface area (Å²) in [4.78, 5) is 0. The van der Waals surface area contributed by atoms with Gasteiger partial charge in [-0.3, -0.25) is 4.57 Å². The first kappa shape index (κ1) is 32.1. The van der Waals surface area contributed by atoms with Crippen molar-refractivity contribution in [2.45, 2.75) is 150 Å². The van der Waals surface area contributed by atoms with Crippen LogP contribution in [0, 0.1) is 11.8 Å². The predicted molar refractivity (Wildman–Crippen MR) is 143 cm³/mol. The van der Waals surface area contributed by atoms with Gasteiger partial charge >= 0.3 is 7.60 Å². The van der Waals surface area contributed by atoms with Gasteiger partial charge in [-0.2, -0.15) is 0 Å². The van der Waals surface area contributed by atoms with Crippen molar-refractivity contribution in [3.8, 4) is 0 Å². The van der Waals surface area contributed by atoms with Crippen LogP contribution in [0.2, 0.25) is 0 Å². The summed E-state index contributed by atoms with van der Waals surface area (Å²) in [7, 11) is -2.99. The molecule has 0 aliphatic rings. The number of hydrogen-bond donors (Lipinski definition) is 0. The Labute approximate surface area is 202 Å². The minimum absolute atomic E-state index is 0.502. The quantitative estimate of drug-likeness (QED) is 0.0974. The van der Waals surface area contributed by atoms with Crippen molar-refractivity contribution in [1.82, 2.24) is 0 Å². The molecule has 2 unspecified atom stereocenters. The molecule has 0 radical (unpaired) electrons. The normalized spacial score (nSPS) is 15.5. The summed E-state index contributed by atoms with van der Waals surface area (Å²) >= 11 is 0. The molecule has 0 bridgehead atoms. The highest BCUT2D eigenvalue weighted by Crippen LogP contribution is 2.50. The predicted octanol–water partition coefficient (Wildman–Crippen LogP) is 10.6. The Bertz CT molecular complexity index is 403. The first-order valence-corrected chi connectivity index (χ1v) is 16.2. The van der Waals surface area contributed by atoms with Gasteiger partial charge in [0.1, 0.15) is 0 Å². The zero-order valence-corrected chi connectivity index (χ0v) is 23.6. The highest BCUT2D eigenvalue weighted by molar-refractivity contribution is 7.53. The average Bonchev–Trinajstić information content (AvgIpc) is 2.80. The van der Waals surface area contributed by atoms with Gasteiger partial charge < -0.3 is 9.05 Å². The Morgan fingerprint density at radius 3 is 1.28 bits per heavy atom. The molecule has 0 spiro atoms. The summed E-state index contributed by atoms with van der Waals surface area (Å²) in [6.07, 6.45) is 22.8. The summed E-state index contributed by atoms with van der Waals surface area (Å²) in [6.45, 7) is 12.4. The minimum atomic E-state index is -2.99. The standard InChI is InChI=1S/C28H59O3P/c1-6-11-14-15-16-17-18-19-20-21-24-32(29,30-25-27(9-4)22-12-7-2)31-26-28(10-5)23-13-8-3/h27-28H,6-26H2,1-5H3. The van der Waals surface area contributed by atoms with Crippen LogP contribution >= 0.6 is 7.60 Å². The fourth-order valence-electron chi connectivity index (χ4n) is 4.19. The molecule has 0 aliphatic heterocycles. The van der Waals surface area contributed by atoms with Crippen LogP contribution in [0.3, 0.4) is 0 Å². The van der Waals surface area contributed by atoms with Crippen molar-refractivity contribution in [3.05, 3.63) is 0 Å². The van der Waals surface area contributed by atoms with Crippen LogP contribution in [0.25, 0.3) is 0 Å². The Balaban J connectivity index is 4.46. The lowest BCUT2D eigenvalue weighted by molar-refractivity contribution is 0.150. The molecule has 0 amide bonds. The zero-order chi connectivity index (χ0) is 23.9. The molecule has 0 rings (SSSR count). The van der Waals surface area contributed by atoms with Crippen LogP contribution in [-0.4, -0.2) is 19.4 Å². The van der Waals surface area contributed by atoms with Crippen LogP contribution in [0.15, 0.2) is 0 Å². The van der Waals surface area contributed by atoms with Crippen LogP contribution in [0.1, 0.15) is 150 Å². The summed E-state index contributed by atoms with van der Waals surface area (Å²) in [6, 6.07) is 0. The van der Waals surface area contributed by atoms with Crippen LogP contribution in [0.5, 0.6) is 0 Å². The smallest absolute Gasteiger partial charge is 0.308 e. The van der Waals surface area contributed by atoms with E-state index in [4.69, 9.17) is 9.05 Å². The molecule has 3 nitrogen and oxygen atoms in total. The van der Waals surface area contributed by atoms with Gasteiger partial charge in [-0.25, -0.2) is 0 Å². The van der Waals surface area contributed by atoms with Gasteiger partial charge in [0.05, 0.1) is 19.4 Å². The molecule has 4 heteroatoms. The van der Waals surface area contributed by atoms with Crippen LogP contribution in [-0.2, 0) is 13.6 Å². The van der Waals surface area contributed by atoms with Crippen LogP contribution in [0.4, 0.5) is 0 Å². The molecule has 0 saturated heterocycles. The van der Waals surface area contributed by atoms with Gasteiger partial charge in [0.25, 0.3) is 0 Å². The number of hydrogen-bond acceptors (Lipinski definition) is 3. The van der Waals surface area contributed by atoms with E-state index in [1.165, 1.54) is 89.9 Å². The highest BCUT2D eigenvalue weighted by Gasteiger charge is 2.26. The van der Waals surface area contributed by atoms with Gasteiger partial charge in [0.2, 0.25) is 0 Å². The van der Waals surface area contributed by atoms with E-state index in [2.05, 4.69) is 34.6 Å². The summed E-state index contributed by atoms with van der Waals surface area (Å²) in [5, 5.41) is 0. The van der Waals surface area contributed by atoms with Gasteiger partial charge in [-0.1, -0.05) is 131 Å². The van der Waals surface area contributed by atoms with E-state index in [0.717, 1.165) is 25.7 Å². The monoisotopic (exact) mass is 474 g/mol. The van der Waals surface area contributed by atoms with Crippen molar-refractivity contribution in [2.24, 2.45) is 11.8 Å². The molecule has 0 N–H and O–H groups in total. The lowest BCUT2D eigenvalue weighted by atomic mass is 10.0. The third-order valence-electron chi connectivity index (χ3n) is 6.89. The first-order chi connectivity index (χ1) is 15.5. The molecule has 32 heavy (non-hydrogen) atoms. The van der Waals surface area contributed by atoms with Gasteiger partial charge in [-0.15, -0.1) is 0 Å². The minimum Gasteiger partial charge on any atom is -0.308 e. The second-order valence-electron chi connectivity index (χ2n) is 9.94. The number of unbranched alkanes of at least 4 members (excludes halogenated alkanes) is 11. The molecular formula is C28H59O3P. The maximum atomic E-state index is 13.6. The van der Waals surface area contributed by atoms with E-state index in [0.29, 0.717) is 31.2 Å². The topological polar surface area (TPSA) is 35.5 Å². The van der Waals surface area contributed by atoms with Gasteiger partial charge in [-0.05, 0) is 31.1 Å². The third kappa shape index (κ3) is 18.6. The second-order valence-corrected chi connectivity index (χ2v) is 12.1. The van der Waals surface area contributed by atoms with E-state index in [-0.39, 0.29) is 0 Å². The highest BCUT2D eigenvalue weighted by atomic mass is 31.2. The Kier molecular flexibility index (Phi) is 23.0. The molecule has 0 saturated carbocycles. The van der Waals surface area contributed by atoms with E-state index in [9.17, 15) is 4.57 Å². The Hall–Kier alpha value is 0.150. The maximum Gasteiger partial charge on any atom is 0.330 e. The number of rotatable bonds is 25. The van der Waals surface area contributed by atoms with E-state index < -0.39 is 7.60 Å². The van der Waals surface area contributed by atoms with Crippen molar-refractivity contribution in [2.75, 3.05) is 19.4 Å². The maximum absolute atomic E-state index is 13.6. The summed E-state index contributed by atoms with van der Waals surface area (Å²) in [5.41, 5.74) is 0. The molecule has 0 heterocycles. The summed E-state index contributed by atoms with van der Waals surface area (Å²) in [5.74, 6) is 1.00. The average molecular weight is 475 g/mol. The lowest BCUT2D eigenvalue weighted by Gasteiger charge is -2.24. The molecule has 0 fully saturated rings. The Morgan fingerprint density at radius 2 is 0.906 bits per heavy atom. The molecule has 2 atom stereocenters. The molecule has 0 aromatic rings. The fraction of sp³-hybridized carbons (Fsp3) is 1.00. The third-order valence-corrected chi connectivity index (χ3v) is 8.83.